The molecule has 0 aromatic rings. The first-order valence-corrected chi connectivity index (χ1v) is 11.5. The average Bonchev–Trinajstić information content (AvgIpc) is 3.03. The van der Waals surface area contributed by atoms with Gasteiger partial charge in [-0.15, -0.1) is 0 Å². The molecule has 0 saturated carbocycles. The number of likely N-dealkylation sites (tertiary alicyclic amines) is 1. The van der Waals surface area contributed by atoms with E-state index in [0.717, 1.165) is 19.3 Å². The van der Waals surface area contributed by atoms with Gasteiger partial charge in [0, 0.05) is 38.3 Å². The Kier molecular flexibility index (Phi) is 16.0. The number of hydrogen-bond acceptors (Lipinski definition) is 7. The Bertz CT molecular complexity index is 626. The summed E-state index contributed by atoms with van der Waals surface area (Å²) in [6, 6.07) is 0. The highest BCUT2D eigenvalue weighted by atomic mass is 16.3. The molecule has 184 valence electrons. The molecule has 32 heavy (non-hydrogen) atoms. The highest BCUT2D eigenvalue weighted by Crippen LogP contribution is 2.24. The summed E-state index contributed by atoms with van der Waals surface area (Å²) in [7, 11) is 0. The van der Waals surface area contributed by atoms with Gasteiger partial charge in [-0.2, -0.15) is 0 Å². The van der Waals surface area contributed by atoms with E-state index in [4.69, 9.17) is 0 Å². The van der Waals surface area contributed by atoms with E-state index in [9.17, 15) is 29.1 Å². The topological polar surface area (TPSA) is 145 Å². The van der Waals surface area contributed by atoms with E-state index in [2.05, 4.69) is 16.0 Å². The van der Waals surface area contributed by atoms with Crippen molar-refractivity contribution in [1.82, 2.24) is 20.9 Å². The number of aliphatic hydroxyl groups is 1. The monoisotopic (exact) mass is 456 g/mol. The molecular formula is C22H40N4O6. The second-order valence-electron chi connectivity index (χ2n) is 7.53. The quantitative estimate of drug-likeness (QED) is 0.207. The van der Waals surface area contributed by atoms with Crippen LogP contribution >= 0.6 is 0 Å². The van der Waals surface area contributed by atoms with Crippen LogP contribution in [0.25, 0.3) is 0 Å². The zero-order valence-corrected chi connectivity index (χ0v) is 19.9. The lowest BCUT2D eigenvalue weighted by Gasteiger charge is -2.16. The van der Waals surface area contributed by atoms with Crippen molar-refractivity contribution in [2.75, 3.05) is 26.2 Å². The van der Waals surface area contributed by atoms with E-state index in [1.807, 2.05) is 20.8 Å². The van der Waals surface area contributed by atoms with Gasteiger partial charge in [-0.1, -0.05) is 33.6 Å². The van der Waals surface area contributed by atoms with Crippen LogP contribution in [0.5, 0.6) is 0 Å². The molecule has 1 saturated heterocycles. The van der Waals surface area contributed by atoms with Gasteiger partial charge in [0.25, 0.3) is 0 Å². The van der Waals surface area contributed by atoms with Crippen LogP contribution in [-0.2, 0) is 24.0 Å². The molecule has 2 atom stereocenters. The third-order valence-corrected chi connectivity index (χ3v) is 4.82. The van der Waals surface area contributed by atoms with Crippen molar-refractivity contribution >= 4 is 29.4 Å². The Balaban J connectivity index is 0.00000466. The summed E-state index contributed by atoms with van der Waals surface area (Å²) in [5.41, 5.74) is 0. The number of nitrogens with zero attached hydrogens (tertiary/aromatic N) is 1. The van der Waals surface area contributed by atoms with Gasteiger partial charge in [0.1, 0.15) is 12.0 Å². The average molecular weight is 457 g/mol. The van der Waals surface area contributed by atoms with E-state index in [-0.39, 0.29) is 80.8 Å². The molecule has 1 rings (SSSR count). The summed E-state index contributed by atoms with van der Waals surface area (Å²) in [6.45, 7) is 7.70. The molecule has 0 spiro atoms. The summed E-state index contributed by atoms with van der Waals surface area (Å²) in [5, 5.41) is 17.4. The number of unbranched alkanes of at least 4 members (excludes halogenated alkanes) is 1. The molecule has 0 aromatic heterocycles. The smallest absolute Gasteiger partial charge is 0.234 e. The van der Waals surface area contributed by atoms with Gasteiger partial charge in [0.15, 0.2) is 0 Å². The summed E-state index contributed by atoms with van der Waals surface area (Å²) < 4.78 is 0. The number of hydrogen-bond donors (Lipinski definition) is 4. The van der Waals surface area contributed by atoms with Gasteiger partial charge in [-0.3, -0.25) is 34.2 Å². The minimum Gasteiger partial charge on any atom is -0.377 e. The zero-order chi connectivity index (χ0) is 24.5. The van der Waals surface area contributed by atoms with Crippen molar-refractivity contribution in [3.63, 3.8) is 0 Å². The Hall–Kier alpha value is -2.33. The zero-order valence-electron chi connectivity index (χ0n) is 19.9. The molecule has 4 amide bonds. The fourth-order valence-electron chi connectivity index (χ4n) is 3.08. The summed E-state index contributed by atoms with van der Waals surface area (Å²) in [6.07, 6.45) is 2.48. The number of carbonyl (C=O) groups excluding carboxylic acids is 5. The van der Waals surface area contributed by atoms with Crippen LogP contribution in [0.1, 0.15) is 72.6 Å². The van der Waals surface area contributed by atoms with Crippen LogP contribution in [0.15, 0.2) is 0 Å². The Morgan fingerprint density at radius 3 is 2.41 bits per heavy atom. The van der Waals surface area contributed by atoms with Crippen LogP contribution in [-0.4, -0.2) is 71.8 Å². The maximum Gasteiger partial charge on any atom is 0.234 e. The van der Waals surface area contributed by atoms with Gasteiger partial charge in [-0.25, -0.2) is 0 Å². The molecule has 10 heteroatoms. The van der Waals surface area contributed by atoms with Crippen molar-refractivity contribution in [2.45, 2.75) is 78.9 Å². The van der Waals surface area contributed by atoms with E-state index in [1.54, 1.807) is 0 Å². The number of carbonyl (C=O) groups is 5. The molecule has 1 aliphatic rings. The summed E-state index contributed by atoms with van der Waals surface area (Å²) >= 11 is 0. The second kappa shape index (κ2) is 17.3. The van der Waals surface area contributed by atoms with Crippen molar-refractivity contribution in [3.05, 3.63) is 0 Å². The van der Waals surface area contributed by atoms with E-state index < -0.39 is 6.23 Å². The molecular weight excluding hydrogens is 416 g/mol. The SMILES string of the molecule is CC.CCCCC1CC(=O)N(CCCC(=O)NCC(O)NCC(=O)NCCC(C)=O)C1=O. The van der Waals surface area contributed by atoms with Gasteiger partial charge < -0.3 is 15.7 Å². The molecule has 0 aromatic carbocycles. The van der Waals surface area contributed by atoms with Crippen LogP contribution in [0.4, 0.5) is 0 Å². The normalized spacial score (nSPS) is 16.3. The fourth-order valence-corrected chi connectivity index (χ4v) is 3.08. The van der Waals surface area contributed by atoms with E-state index >= 15 is 0 Å². The molecule has 1 heterocycles. The van der Waals surface area contributed by atoms with Crippen LogP contribution in [0.2, 0.25) is 0 Å². The van der Waals surface area contributed by atoms with Gasteiger partial charge in [0.05, 0.1) is 13.1 Å². The molecule has 4 N–H and O–H groups in total. The first-order chi connectivity index (χ1) is 15.2. The molecule has 0 bridgehead atoms. The molecule has 1 fully saturated rings. The van der Waals surface area contributed by atoms with Gasteiger partial charge in [-0.05, 0) is 19.8 Å². The third kappa shape index (κ3) is 12.5. The van der Waals surface area contributed by atoms with Crippen LogP contribution in [0.3, 0.4) is 0 Å². The Morgan fingerprint density at radius 2 is 1.78 bits per heavy atom. The predicted octanol–water partition coefficient (Wildman–Crippen LogP) is 0.478. The van der Waals surface area contributed by atoms with Crippen LogP contribution in [0, 0.1) is 5.92 Å². The van der Waals surface area contributed by atoms with Crippen LogP contribution < -0.4 is 16.0 Å². The number of imide groups is 1. The molecule has 0 aliphatic carbocycles. The number of Topliss-reactive ketones (excluding diaryl/α,β-unsaturated/α-hetero) is 1. The van der Waals surface area contributed by atoms with Crippen molar-refractivity contribution in [3.8, 4) is 0 Å². The lowest BCUT2D eigenvalue weighted by Crippen LogP contribution is -2.45. The fraction of sp³-hybridized carbons (Fsp3) is 0.773. The molecule has 10 nitrogen and oxygen atoms in total. The van der Waals surface area contributed by atoms with E-state index in [1.165, 1.54) is 11.8 Å². The summed E-state index contributed by atoms with van der Waals surface area (Å²) in [4.78, 5) is 59.7. The number of amides is 4. The van der Waals surface area contributed by atoms with Gasteiger partial charge in [0.2, 0.25) is 23.6 Å². The number of rotatable bonds is 15. The molecule has 0 radical (unpaired) electrons. The number of nitrogens with one attached hydrogen (secondary N) is 3. The Morgan fingerprint density at radius 1 is 1.09 bits per heavy atom. The standard InChI is InChI=1S/C20H34N4O6.C2H6/c1-3-4-6-15-11-19(29)24(20(15)30)10-5-7-16(26)22-13-18(28)23-12-17(27)21-9-8-14(2)25;1-2/h15,18,23,28H,3-13H2,1-2H3,(H,21,27)(H,22,26);1-2H3. The predicted molar refractivity (Wildman–Crippen MR) is 120 cm³/mol. The number of aliphatic hydroxyl groups excluding tert-OH is 1. The highest BCUT2D eigenvalue weighted by molar-refractivity contribution is 6.03. The van der Waals surface area contributed by atoms with Crippen molar-refractivity contribution in [1.29, 1.82) is 0 Å². The van der Waals surface area contributed by atoms with Crippen molar-refractivity contribution < 1.29 is 29.1 Å². The third-order valence-electron chi connectivity index (χ3n) is 4.82. The largest absolute Gasteiger partial charge is 0.377 e. The summed E-state index contributed by atoms with van der Waals surface area (Å²) in [5.74, 6) is -1.26. The minimum absolute atomic E-state index is 0.0271. The highest BCUT2D eigenvalue weighted by Gasteiger charge is 2.37. The van der Waals surface area contributed by atoms with Crippen molar-refractivity contribution in [2.24, 2.45) is 5.92 Å². The maximum absolute atomic E-state index is 12.3. The molecule has 1 aliphatic heterocycles. The maximum atomic E-state index is 12.3. The lowest BCUT2D eigenvalue weighted by atomic mass is 10.0. The Labute approximate surface area is 190 Å². The first-order valence-electron chi connectivity index (χ1n) is 11.5. The lowest BCUT2D eigenvalue weighted by molar-refractivity contribution is -0.140. The minimum atomic E-state index is -1.10. The van der Waals surface area contributed by atoms with Gasteiger partial charge >= 0.3 is 0 Å². The molecule has 2 unspecified atom stereocenters. The number of ketones is 1. The van der Waals surface area contributed by atoms with E-state index in [0.29, 0.717) is 6.42 Å². The first kappa shape index (κ1) is 29.7. The second-order valence-corrected chi connectivity index (χ2v) is 7.53.